The van der Waals surface area contributed by atoms with Crippen LogP contribution in [0.1, 0.15) is 56.0 Å². The second kappa shape index (κ2) is 12.6. The Morgan fingerprint density at radius 1 is 0.955 bits per heavy atom. The zero-order valence-electron chi connectivity index (χ0n) is 24.7. The van der Waals surface area contributed by atoms with E-state index in [1.165, 1.54) is 20.3 Å². The normalized spacial score (nSPS) is 11.6. The second-order valence-electron chi connectivity index (χ2n) is 10.6. The van der Waals surface area contributed by atoms with E-state index >= 15 is 0 Å². The van der Waals surface area contributed by atoms with Crippen molar-refractivity contribution in [2.45, 2.75) is 20.5 Å². The number of amides is 2. The van der Waals surface area contributed by atoms with Gasteiger partial charge in [0, 0.05) is 45.4 Å². The van der Waals surface area contributed by atoms with Crippen LogP contribution < -0.4 is 25.8 Å². The zero-order valence-corrected chi connectivity index (χ0v) is 25.5. The van der Waals surface area contributed by atoms with Gasteiger partial charge in [-0.3, -0.25) is 15.0 Å². The first-order valence-electron chi connectivity index (χ1n) is 13.8. The number of nitrogens with one attached hydrogen (secondary N) is 3. The van der Waals surface area contributed by atoms with Crippen molar-refractivity contribution in [1.29, 1.82) is 5.41 Å². The molecule has 0 radical (unpaired) electrons. The highest BCUT2D eigenvalue weighted by Gasteiger charge is 2.27. The average molecular weight is 613 g/mol. The van der Waals surface area contributed by atoms with E-state index in [1.807, 2.05) is 25.3 Å². The van der Waals surface area contributed by atoms with Gasteiger partial charge >= 0.3 is 5.97 Å². The van der Waals surface area contributed by atoms with Crippen LogP contribution in [-0.2, 0) is 11.3 Å². The van der Waals surface area contributed by atoms with E-state index in [9.17, 15) is 14.4 Å². The zero-order chi connectivity index (χ0) is 31.5. The smallest absolute Gasteiger partial charge is 0.338 e. The van der Waals surface area contributed by atoms with E-state index in [-0.39, 0.29) is 34.4 Å². The van der Waals surface area contributed by atoms with Gasteiger partial charge in [-0.25, -0.2) is 4.79 Å². The predicted octanol–water partition coefficient (Wildman–Crippen LogP) is 5.69. The van der Waals surface area contributed by atoms with Crippen LogP contribution in [0.25, 0.3) is 21.6 Å². The summed E-state index contributed by atoms with van der Waals surface area (Å²) in [6, 6.07) is 15.0. The molecule has 226 valence electrons. The number of benzene rings is 3. The highest BCUT2D eigenvalue weighted by Crippen LogP contribution is 2.45. The van der Waals surface area contributed by atoms with Crippen molar-refractivity contribution < 1.29 is 28.6 Å². The molecule has 3 aromatic carbocycles. The van der Waals surface area contributed by atoms with Crippen LogP contribution in [0.2, 0.25) is 0 Å². The number of amidine groups is 1. The molecule has 0 unspecified atom stereocenters. The summed E-state index contributed by atoms with van der Waals surface area (Å²) >= 11 is 1.55. The van der Waals surface area contributed by atoms with E-state index in [0.29, 0.717) is 47.0 Å². The molecule has 5 rings (SSSR count). The number of rotatable bonds is 9. The third kappa shape index (κ3) is 6.00. The van der Waals surface area contributed by atoms with Gasteiger partial charge in [-0.1, -0.05) is 19.9 Å². The number of ether oxygens (including phenoxy) is 3. The number of nitrogens with two attached hydrogens (primary N) is 1. The summed E-state index contributed by atoms with van der Waals surface area (Å²) in [5.41, 5.74) is 9.73. The average Bonchev–Trinajstić information content (AvgIpc) is 3.51. The Labute approximate surface area is 258 Å². The Bertz CT molecular complexity index is 1800. The number of thiophene rings is 1. The molecule has 44 heavy (non-hydrogen) atoms. The first kappa shape index (κ1) is 30.3. The van der Waals surface area contributed by atoms with Crippen LogP contribution in [0, 0.1) is 11.3 Å². The van der Waals surface area contributed by atoms with Gasteiger partial charge < -0.3 is 30.6 Å². The van der Waals surface area contributed by atoms with Gasteiger partial charge in [0.05, 0.1) is 25.3 Å². The molecule has 1 aliphatic heterocycles. The Balaban J connectivity index is 1.64. The van der Waals surface area contributed by atoms with Crippen LogP contribution in [-0.4, -0.2) is 44.4 Å². The molecule has 2 heterocycles. The fourth-order valence-electron chi connectivity index (χ4n) is 4.92. The van der Waals surface area contributed by atoms with Crippen molar-refractivity contribution >= 4 is 40.6 Å². The molecule has 0 spiro atoms. The summed E-state index contributed by atoms with van der Waals surface area (Å²) in [5.74, 6) is -0.467. The first-order valence-corrected chi connectivity index (χ1v) is 14.7. The van der Waals surface area contributed by atoms with Gasteiger partial charge in [0.25, 0.3) is 11.8 Å². The Morgan fingerprint density at radius 3 is 2.45 bits per heavy atom. The Morgan fingerprint density at radius 2 is 1.75 bits per heavy atom. The van der Waals surface area contributed by atoms with Gasteiger partial charge in [0.15, 0.2) is 0 Å². The summed E-state index contributed by atoms with van der Waals surface area (Å²) in [6.07, 6.45) is 0. The SMILES string of the molecule is COC(=O)c1cc(C(=O)NCC(C)C)ccc1-c1cc2c(cc1C(=O)Nc1ccc(C(=N)N)c(OC)c1)-c1sccc1CO2. The van der Waals surface area contributed by atoms with Crippen molar-refractivity contribution in [1.82, 2.24) is 5.32 Å². The van der Waals surface area contributed by atoms with Crippen molar-refractivity contribution in [3.05, 3.63) is 87.8 Å². The minimum Gasteiger partial charge on any atom is -0.496 e. The maximum absolute atomic E-state index is 14.0. The standard InChI is InChI=1S/C33H32N4O6S/c1-17(2)15-36-31(38)18-5-7-21(25(11-18)33(40)42-4)23-14-28-26(29-19(16-43-28)9-10-44-29)13-24(23)32(39)37-20-6-8-22(30(34)35)27(12-20)41-3/h5-14,17H,15-16H2,1-4H3,(H3,34,35)(H,36,38)(H,37,39). The molecule has 0 saturated carbocycles. The molecule has 1 aliphatic rings. The molecule has 0 aliphatic carbocycles. The molecule has 11 heteroatoms. The third-order valence-electron chi connectivity index (χ3n) is 7.14. The molecule has 4 aromatic rings. The second-order valence-corrected chi connectivity index (χ2v) is 11.5. The van der Waals surface area contributed by atoms with E-state index < -0.39 is 11.9 Å². The summed E-state index contributed by atoms with van der Waals surface area (Å²) < 4.78 is 16.5. The van der Waals surface area contributed by atoms with Gasteiger partial charge in [0.2, 0.25) is 0 Å². The molecular formula is C33H32N4O6S. The summed E-state index contributed by atoms with van der Waals surface area (Å²) in [7, 11) is 2.71. The van der Waals surface area contributed by atoms with E-state index in [2.05, 4.69) is 10.6 Å². The van der Waals surface area contributed by atoms with Crippen molar-refractivity contribution in [3.8, 4) is 33.1 Å². The van der Waals surface area contributed by atoms with Crippen molar-refractivity contribution in [2.75, 3.05) is 26.1 Å². The lowest BCUT2D eigenvalue weighted by molar-refractivity contribution is 0.0601. The lowest BCUT2D eigenvalue weighted by atomic mass is 9.90. The minimum absolute atomic E-state index is 0.124. The summed E-state index contributed by atoms with van der Waals surface area (Å²) in [5, 5.41) is 15.5. The molecule has 5 N–H and O–H groups in total. The fraction of sp³-hybridized carbons (Fsp3) is 0.212. The minimum atomic E-state index is -0.659. The molecule has 10 nitrogen and oxygen atoms in total. The molecule has 2 amide bonds. The number of carbonyl (C=O) groups is 3. The monoisotopic (exact) mass is 612 g/mol. The van der Waals surface area contributed by atoms with Crippen LogP contribution in [0.5, 0.6) is 11.5 Å². The van der Waals surface area contributed by atoms with Gasteiger partial charge in [0.1, 0.15) is 23.9 Å². The van der Waals surface area contributed by atoms with Crippen LogP contribution in [0.3, 0.4) is 0 Å². The maximum Gasteiger partial charge on any atom is 0.338 e. The van der Waals surface area contributed by atoms with Crippen molar-refractivity contribution in [2.24, 2.45) is 11.7 Å². The number of esters is 1. The van der Waals surface area contributed by atoms with Crippen LogP contribution in [0.15, 0.2) is 60.0 Å². The molecule has 0 fully saturated rings. The lowest BCUT2D eigenvalue weighted by Crippen LogP contribution is -2.27. The molecule has 0 bridgehead atoms. The largest absolute Gasteiger partial charge is 0.496 e. The molecular weight excluding hydrogens is 580 g/mol. The lowest BCUT2D eigenvalue weighted by Gasteiger charge is -2.22. The third-order valence-corrected chi connectivity index (χ3v) is 8.13. The molecule has 0 atom stereocenters. The predicted molar refractivity (Wildman–Crippen MR) is 170 cm³/mol. The van der Waals surface area contributed by atoms with Crippen LogP contribution >= 0.6 is 11.3 Å². The topological polar surface area (TPSA) is 153 Å². The number of fused-ring (bicyclic) bond motifs is 3. The van der Waals surface area contributed by atoms with E-state index in [4.69, 9.17) is 25.4 Å². The van der Waals surface area contributed by atoms with Crippen LogP contribution in [0.4, 0.5) is 5.69 Å². The fourth-order valence-corrected chi connectivity index (χ4v) is 5.85. The number of methoxy groups -OCH3 is 2. The number of nitrogen functional groups attached to an aromatic ring is 1. The van der Waals surface area contributed by atoms with Gasteiger partial charge in [-0.05, 0) is 64.9 Å². The van der Waals surface area contributed by atoms with Crippen molar-refractivity contribution in [3.63, 3.8) is 0 Å². The quantitative estimate of drug-likeness (QED) is 0.108. The summed E-state index contributed by atoms with van der Waals surface area (Å²) in [6.45, 7) is 4.82. The van der Waals surface area contributed by atoms with Gasteiger partial charge in [-0.2, -0.15) is 0 Å². The Hall–Kier alpha value is -5.16. The van der Waals surface area contributed by atoms with Gasteiger partial charge in [-0.15, -0.1) is 11.3 Å². The Kier molecular flexibility index (Phi) is 8.68. The molecule has 1 aromatic heterocycles. The number of carbonyl (C=O) groups excluding carboxylic acids is 3. The number of hydrogen-bond acceptors (Lipinski definition) is 8. The number of hydrogen-bond donors (Lipinski definition) is 4. The first-order chi connectivity index (χ1) is 21.1. The van der Waals surface area contributed by atoms with E-state index in [1.54, 1.807) is 53.8 Å². The highest BCUT2D eigenvalue weighted by atomic mass is 32.1. The maximum atomic E-state index is 14.0. The number of anilines is 1. The summed E-state index contributed by atoms with van der Waals surface area (Å²) in [4.78, 5) is 40.9. The van der Waals surface area contributed by atoms with E-state index in [0.717, 1.165) is 16.0 Å². The molecule has 0 saturated heterocycles. The highest BCUT2D eigenvalue weighted by molar-refractivity contribution is 7.13.